The minimum atomic E-state index is -0.722. The molecule has 106 valence electrons. The van der Waals surface area contributed by atoms with Crippen molar-refractivity contribution in [1.82, 2.24) is 0 Å². The molecule has 0 aromatic heterocycles. The summed E-state index contributed by atoms with van der Waals surface area (Å²) in [5.41, 5.74) is 6.04. The first-order valence-corrected chi connectivity index (χ1v) is 6.37. The summed E-state index contributed by atoms with van der Waals surface area (Å²) in [5.74, 6) is -0.588. The fourth-order valence-corrected chi connectivity index (χ4v) is 1.65. The average molecular weight is 269 g/mol. The van der Waals surface area contributed by atoms with Crippen molar-refractivity contribution < 1.29 is 18.7 Å². The number of rotatable bonds is 6. The molecule has 0 saturated heterocycles. The molecule has 0 heterocycles. The van der Waals surface area contributed by atoms with E-state index in [0.717, 1.165) is 0 Å². The molecule has 1 aromatic rings. The standard InChI is InChI=1S/C14H20FNO3/c1-4-13(14(17)18-5-2)19-10-6-7-11(9(3)16)12(15)8-10/h6-9,13H,4-5,16H2,1-3H3/t9-,13?/m0/s1. The normalized spacial score (nSPS) is 13.7. The number of halogens is 1. The number of benzene rings is 1. The van der Waals surface area contributed by atoms with Crippen molar-refractivity contribution in [2.45, 2.75) is 39.3 Å². The van der Waals surface area contributed by atoms with Crippen molar-refractivity contribution in [3.63, 3.8) is 0 Å². The van der Waals surface area contributed by atoms with Gasteiger partial charge in [0.15, 0.2) is 6.10 Å². The van der Waals surface area contributed by atoms with Gasteiger partial charge < -0.3 is 15.2 Å². The molecule has 1 aromatic carbocycles. The molecule has 0 saturated carbocycles. The van der Waals surface area contributed by atoms with E-state index < -0.39 is 17.9 Å². The van der Waals surface area contributed by atoms with Gasteiger partial charge in [0.2, 0.25) is 0 Å². The van der Waals surface area contributed by atoms with E-state index in [0.29, 0.717) is 17.7 Å². The first-order chi connectivity index (χ1) is 8.99. The SMILES string of the molecule is CCOC(=O)C(CC)Oc1ccc([C@H](C)N)c(F)c1. The Bertz CT molecular complexity index is 435. The summed E-state index contributed by atoms with van der Waals surface area (Å²) in [6.45, 7) is 5.51. The lowest BCUT2D eigenvalue weighted by Gasteiger charge is -2.17. The molecule has 2 atom stereocenters. The summed E-state index contributed by atoms with van der Waals surface area (Å²) in [4.78, 5) is 11.6. The Labute approximate surface area is 112 Å². The first-order valence-electron chi connectivity index (χ1n) is 6.37. The molecule has 0 aliphatic carbocycles. The van der Waals surface area contributed by atoms with Gasteiger partial charge in [-0.15, -0.1) is 0 Å². The second-order valence-corrected chi connectivity index (χ2v) is 4.24. The second kappa shape index (κ2) is 7.09. The topological polar surface area (TPSA) is 61.5 Å². The summed E-state index contributed by atoms with van der Waals surface area (Å²) in [6.07, 6.45) is -0.268. The van der Waals surface area contributed by atoms with Gasteiger partial charge >= 0.3 is 5.97 Å². The third-order valence-electron chi connectivity index (χ3n) is 2.66. The summed E-state index contributed by atoms with van der Waals surface area (Å²) in [6, 6.07) is 4.01. The van der Waals surface area contributed by atoms with E-state index >= 15 is 0 Å². The van der Waals surface area contributed by atoms with Gasteiger partial charge in [0.05, 0.1) is 6.61 Å². The lowest BCUT2D eigenvalue weighted by atomic mass is 10.1. The zero-order chi connectivity index (χ0) is 14.4. The summed E-state index contributed by atoms with van der Waals surface area (Å²) >= 11 is 0. The van der Waals surface area contributed by atoms with Gasteiger partial charge in [-0.1, -0.05) is 13.0 Å². The smallest absolute Gasteiger partial charge is 0.347 e. The van der Waals surface area contributed by atoms with Crippen LogP contribution in [-0.2, 0) is 9.53 Å². The van der Waals surface area contributed by atoms with Crippen LogP contribution in [0.4, 0.5) is 4.39 Å². The molecule has 0 bridgehead atoms. The highest BCUT2D eigenvalue weighted by Gasteiger charge is 2.20. The van der Waals surface area contributed by atoms with E-state index in [1.807, 2.05) is 0 Å². The highest BCUT2D eigenvalue weighted by molar-refractivity contribution is 5.75. The van der Waals surface area contributed by atoms with Crippen LogP contribution in [0.1, 0.15) is 38.8 Å². The van der Waals surface area contributed by atoms with Gasteiger partial charge in [0.1, 0.15) is 11.6 Å². The van der Waals surface area contributed by atoms with Crippen molar-refractivity contribution in [3.8, 4) is 5.75 Å². The Hall–Kier alpha value is -1.62. The van der Waals surface area contributed by atoms with E-state index in [4.69, 9.17) is 15.2 Å². The lowest BCUT2D eigenvalue weighted by Crippen LogP contribution is -2.28. The first kappa shape index (κ1) is 15.4. The number of hydrogen-bond acceptors (Lipinski definition) is 4. The number of carbonyl (C=O) groups excluding carboxylic acids is 1. The Morgan fingerprint density at radius 1 is 1.42 bits per heavy atom. The lowest BCUT2D eigenvalue weighted by molar-refractivity contribution is -0.151. The Kier molecular flexibility index (Phi) is 5.76. The van der Waals surface area contributed by atoms with E-state index in [1.54, 1.807) is 32.9 Å². The molecule has 0 radical (unpaired) electrons. The highest BCUT2D eigenvalue weighted by atomic mass is 19.1. The van der Waals surface area contributed by atoms with Crippen LogP contribution in [0.3, 0.4) is 0 Å². The van der Waals surface area contributed by atoms with Crippen LogP contribution >= 0.6 is 0 Å². The molecule has 0 spiro atoms. The molecule has 19 heavy (non-hydrogen) atoms. The molecule has 0 aliphatic rings. The Morgan fingerprint density at radius 2 is 2.11 bits per heavy atom. The maximum Gasteiger partial charge on any atom is 0.347 e. The number of hydrogen-bond donors (Lipinski definition) is 1. The average Bonchev–Trinajstić information content (AvgIpc) is 2.35. The largest absolute Gasteiger partial charge is 0.479 e. The van der Waals surface area contributed by atoms with Gasteiger partial charge in [-0.3, -0.25) is 0 Å². The van der Waals surface area contributed by atoms with Gasteiger partial charge in [-0.2, -0.15) is 0 Å². The van der Waals surface area contributed by atoms with Crippen molar-refractivity contribution >= 4 is 5.97 Å². The number of ether oxygens (including phenoxy) is 2. The second-order valence-electron chi connectivity index (χ2n) is 4.24. The van der Waals surface area contributed by atoms with Crippen LogP contribution in [-0.4, -0.2) is 18.7 Å². The number of nitrogens with two attached hydrogens (primary N) is 1. The summed E-state index contributed by atoms with van der Waals surface area (Å²) < 4.78 is 24.0. The van der Waals surface area contributed by atoms with Crippen LogP contribution in [0.5, 0.6) is 5.75 Å². The van der Waals surface area contributed by atoms with E-state index in [-0.39, 0.29) is 12.6 Å². The highest BCUT2D eigenvalue weighted by Crippen LogP contribution is 2.22. The molecule has 4 nitrogen and oxygen atoms in total. The fraction of sp³-hybridized carbons (Fsp3) is 0.500. The summed E-state index contributed by atoms with van der Waals surface area (Å²) in [7, 11) is 0. The predicted molar refractivity (Wildman–Crippen MR) is 70.3 cm³/mol. The minimum absolute atomic E-state index is 0.288. The van der Waals surface area contributed by atoms with Crippen molar-refractivity contribution in [3.05, 3.63) is 29.6 Å². The Morgan fingerprint density at radius 3 is 2.58 bits per heavy atom. The monoisotopic (exact) mass is 269 g/mol. The molecule has 1 unspecified atom stereocenters. The maximum atomic E-state index is 13.7. The molecule has 0 amide bonds. The van der Waals surface area contributed by atoms with Crippen molar-refractivity contribution in [2.24, 2.45) is 5.73 Å². The van der Waals surface area contributed by atoms with Crippen molar-refractivity contribution in [2.75, 3.05) is 6.61 Å². The van der Waals surface area contributed by atoms with E-state index in [9.17, 15) is 9.18 Å². The van der Waals surface area contributed by atoms with E-state index in [2.05, 4.69) is 0 Å². The maximum absolute atomic E-state index is 13.7. The zero-order valence-electron chi connectivity index (χ0n) is 11.5. The van der Waals surface area contributed by atoms with Crippen LogP contribution in [0.15, 0.2) is 18.2 Å². The molecule has 1 rings (SSSR count). The molecule has 0 aliphatic heterocycles. The van der Waals surface area contributed by atoms with Crippen molar-refractivity contribution in [1.29, 1.82) is 0 Å². The third kappa shape index (κ3) is 4.21. The third-order valence-corrected chi connectivity index (χ3v) is 2.66. The zero-order valence-corrected chi connectivity index (χ0v) is 11.5. The van der Waals surface area contributed by atoms with Gasteiger partial charge in [-0.25, -0.2) is 9.18 Å². The van der Waals surface area contributed by atoms with Crippen LogP contribution in [0.25, 0.3) is 0 Å². The fourth-order valence-electron chi connectivity index (χ4n) is 1.65. The summed E-state index contributed by atoms with van der Waals surface area (Å²) in [5, 5.41) is 0. The van der Waals surface area contributed by atoms with Gasteiger partial charge in [-0.05, 0) is 26.3 Å². The molecule has 5 heteroatoms. The number of esters is 1. The molecular formula is C14H20FNO3. The van der Waals surface area contributed by atoms with Gasteiger partial charge in [0, 0.05) is 17.7 Å². The Balaban J connectivity index is 2.81. The number of carbonyl (C=O) groups is 1. The van der Waals surface area contributed by atoms with Crippen LogP contribution < -0.4 is 10.5 Å². The minimum Gasteiger partial charge on any atom is -0.479 e. The predicted octanol–water partition coefficient (Wildman–Crippen LogP) is 2.57. The van der Waals surface area contributed by atoms with Crippen LogP contribution in [0, 0.1) is 5.82 Å². The van der Waals surface area contributed by atoms with Gasteiger partial charge in [0.25, 0.3) is 0 Å². The molecular weight excluding hydrogens is 249 g/mol. The molecule has 2 N–H and O–H groups in total. The van der Waals surface area contributed by atoms with E-state index in [1.165, 1.54) is 6.07 Å². The quantitative estimate of drug-likeness (QED) is 0.806. The van der Waals surface area contributed by atoms with Crippen LogP contribution in [0.2, 0.25) is 0 Å². The molecule has 0 fully saturated rings.